The Morgan fingerprint density at radius 2 is 1.55 bits per heavy atom. The zero-order valence-electron chi connectivity index (χ0n) is 47.0. The van der Waals surface area contributed by atoms with E-state index in [0.29, 0.717) is 84.2 Å². The number of benzene rings is 1. The van der Waals surface area contributed by atoms with Gasteiger partial charge in [-0.05, 0) is 107 Å². The SMILES string of the molecule is CCC(C)C(C(CC(=O)N1CCCC1C(OC)C(C)C(=O)NC(Cc1ccc(O)cc1)C(=O)N1CCCCO1)OC)N(C)C(=O)C(NC(=O)C(C(C)C)N(C)CCCCCC(=O)NCCCCC(N)C(=O)O)C(C)C. The van der Waals surface area contributed by atoms with Crippen molar-refractivity contribution in [3.63, 3.8) is 0 Å². The van der Waals surface area contributed by atoms with Crippen LogP contribution in [-0.4, -0.2) is 181 Å². The molecule has 2 aliphatic rings. The second-order valence-electron chi connectivity index (χ2n) is 21.5. The van der Waals surface area contributed by atoms with E-state index in [1.165, 1.54) is 31.4 Å². The Morgan fingerprint density at radius 3 is 2.13 bits per heavy atom. The standard InChI is InChI=1S/C55H94N8O12/c1-12-37(6)49(61(9)54(70)47(35(2)3)59-52(68)48(36(4)5)60(8)29-17-13-14-23-45(65)57-28-16-15-21-41(56)55(71)72)44(73-10)34-46(66)62-30-20-22-43(62)50(74-11)38(7)51(67)58-42(33-39-24-26-40(64)27-25-39)53(69)63-31-18-19-32-75-63/h24-27,35-38,41-44,47-50,64H,12-23,28-34,56H2,1-11H3,(H,57,65)(H,58,67)(H,59,68)(H,71,72). The highest BCUT2D eigenvalue weighted by molar-refractivity contribution is 5.91. The largest absolute Gasteiger partial charge is 0.508 e. The van der Waals surface area contributed by atoms with Gasteiger partial charge in [0.25, 0.3) is 5.91 Å². The number of carboxylic acids is 1. The van der Waals surface area contributed by atoms with Gasteiger partial charge in [-0.3, -0.25) is 43.3 Å². The molecule has 2 aliphatic heterocycles. The predicted octanol–water partition coefficient (Wildman–Crippen LogP) is 4.25. The van der Waals surface area contributed by atoms with Crippen molar-refractivity contribution in [3.05, 3.63) is 29.8 Å². The van der Waals surface area contributed by atoms with Crippen LogP contribution >= 0.6 is 0 Å². The van der Waals surface area contributed by atoms with Crippen LogP contribution in [0.15, 0.2) is 24.3 Å². The number of phenolic OH excluding ortho intramolecular Hbond substituents is 1. The quantitative estimate of drug-likeness (QED) is 0.0538. The number of hydroxylamine groups is 2. The zero-order valence-corrected chi connectivity index (χ0v) is 47.0. The number of nitrogens with zero attached hydrogens (tertiary/aromatic N) is 4. The first kappa shape index (κ1) is 64.4. The van der Waals surface area contributed by atoms with E-state index in [1.807, 2.05) is 53.5 Å². The first-order valence-corrected chi connectivity index (χ1v) is 27.5. The summed E-state index contributed by atoms with van der Waals surface area (Å²) in [7, 11) is 6.65. The Balaban J connectivity index is 1.67. The lowest BCUT2D eigenvalue weighted by atomic mass is 9.89. The number of carboxylic acid groups (broad SMARTS) is 1. The molecule has 1 aromatic carbocycles. The van der Waals surface area contributed by atoms with Crippen LogP contribution in [0.25, 0.3) is 0 Å². The van der Waals surface area contributed by atoms with Crippen molar-refractivity contribution in [2.75, 3.05) is 61.1 Å². The lowest BCUT2D eigenvalue weighted by molar-refractivity contribution is -0.199. The van der Waals surface area contributed by atoms with Crippen LogP contribution in [0.1, 0.15) is 138 Å². The molecule has 20 nitrogen and oxygen atoms in total. The van der Waals surface area contributed by atoms with Gasteiger partial charge in [0.15, 0.2) is 0 Å². The molecule has 0 aliphatic carbocycles. The van der Waals surface area contributed by atoms with Gasteiger partial charge in [-0.2, -0.15) is 0 Å². The lowest BCUT2D eigenvalue weighted by Gasteiger charge is -2.41. The van der Waals surface area contributed by atoms with Gasteiger partial charge in [-0.15, -0.1) is 0 Å². The Hall–Kier alpha value is -4.89. The van der Waals surface area contributed by atoms with Gasteiger partial charge in [-0.25, -0.2) is 5.06 Å². The second-order valence-corrected chi connectivity index (χ2v) is 21.5. The maximum atomic E-state index is 14.7. The smallest absolute Gasteiger partial charge is 0.320 e. The van der Waals surface area contributed by atoms with Crippen molar-refractivity contribution in [1.82, 2.24) is 35.7 Å². The molecular weight excluding hydrogens is 965 g/mol. The number of nitrogens with two attached hydrogens (primary N) is 1. The first-order chi connectivity index (χ1) is 35.6. The van der Waals surface area contributed by atoms with Crippen molar-refractivity contribution in [1.29, 1.82) is 0 Å². The number of methoxy groups -OCH3 is 2. The molecule has 426 valence electrons. The molecule has 7 N–H and O–H groups in total. The van der Waals surface area contributed by atoms with Gasteiger partial charge in [0.2, 0.25) is 29.5 Å². The number of aromatic hydroxyl groups is 1. The van der Waals surface area contributed by atoms with Crippen molar-refractivity contribution in [2.24, 2.45) is 29.4 Å². The molecule has 75 heavy (non-hydrogen) atoms. The summed E-state index contributed by atoms with van der Waals surface area (Å²) in [5, 5.41) is 29.0. The molecule has 0 aromatic heterocycles. The van der Waals surface area contributed by atoms with E-state index in [9.17, 15) is 38.7 Å². The van der Waals surface area contributed by atoms with E-state index in [-0.39, 0.29) is 65.9 Å². The van der Waals surface area contributed by atoms with Crippen molar-refractivity contribution < 1.29 is 58.1 Å². The monoisotopic (exact) mass is 1060 g/mol. The molecule has 20 heteroatoms. The van der Waals surface area contributed by atoms with E-state index >= 15 is 0 Å². The third-order valence-corrected chi connectivity index (χ3v) is 15.1. The summed E-state index contributed by atoms with van der Waals surface area (Å²) in [5.74, 6) is -3.78. The Kier molecular flexibility index (Phi) is 28.0. The van der Waals surface area contributed by atoms with Crippen LogP contribution in [0, 0.1) is 23.7 Å². The topological polar surface area (TPSA) is 263 Å². The number of hydrogen-bond acceptors (Lipinski definition) is 13. The number of aliphatic carboxylic acids is 1. The third-order valence-electron chi connectivity index (χ3n) is 15.1. The van der Waals surface area contributed by atoms with Crippen molar-refractivity contribution >= 4 is 41.4 Å². The van der Waals surface area contributed by atoms with Crippen LogP contribution in [-0.2, 0) is 54.3 Å². The maximum absolute atomic E-state index is 14.7. The summed E-state index contributed by atoms with van der Waals surface area (Å²) >= 11 is 0. The number of ether oxygens (including phenoxy) is 2. The van der Waals surface area contributed by atoms with E-state index in [0.717, 1.165) is 31.2 Å². The molecule has 0 bridgehead atoms. The second kappa shape index (κ2) is 32.6. The summed E-state index contributed by atoms with van der Waals surface area (Å²) in [6, 6.07) is 2.22. The summed E-state index contributed by atoms with van der Waals surface area (Å²) in [5.41, 5.74) is 6.28. The average molecular weight is 1060 g/mol. The van der Waals surface area contributed by atoms with E-state index in [2.05, 4.69) is 16.0 Å². The minimum atomic E-state index is -1.03. The fraction of sp³-hybridized carbons (Fsp3) is 0.764. The molecule has 2 saturated heterocycles. The van der Waals surface area contributed by atoms with Crippen LogP contribution < -0.4 is 21.7 Å². The predicted molar refractivity (Wildman–Crippen MR) is 286 cm³/mol. The van der Waals surface area contributed by atoms with Gasteiger partial charge in [0, 0.05) is 53.7 Å². The number of amides is 6. The number of carbonyl (C=O) groups is 7. The minimum absolute atomic E-state index is 0.0506. The number of hydrogen-bond donors (Lipinski definition) is 6. The number of rotatable bonds is 33. The lowest BCUT2D eigenvalue weighted by Crippen LogP contribution is -2.60. The highest BCUT2D eigenvalue weighted by atomic mass is 16.7. The summed E-state index contributed by atoms with van der Waals surface area (Å²) in [4.78, 5) is 106. The molecule has 0 saturated carbocycles. The summed E-state index contributed by atoms with van der Waals surface area (Å²) < 4.78 is 12.1. The summed E-state index contributed by atoms with van der Waals surface area (Å²) in [6.07, 6.45) is 6.44. The molecule has 2 fully saturated rings. The normalized spacial score (nSPS) is 18.6. The number of likely N-dealkylation sites (tertiary alicyclic amines) is 1. The Labute approximate surface area is 446 Å². The van der Waals surface area contributed by atoms with E-state index in [1.54, 1.807) is 35.9 Å². The van der Waals surface area contributed by atoms with Gasteiger partial charge < -0.3 is 51.2 Å². The number of phenols is 1. The molecule has 10 atom stereocenters. The highest BCUT2D eigenvalue weighted by Gasteiger charge is 2.44. The van der Waals surface area contributed by atoms with Crippen LogP contribution in [0.2, 0.25) is 0 Å². The molecular formula is C55H94N8O12. The van der Waals surface area contributed by atoms with Crippen LogP contribution in [0.4, 0.5) is 0 Å². The molecule has 6 amide bonds. The Bertz CT molecular complexity index is 1950. The van der Waals surface area contributed by atoms with Crippen molar-refractivity contribution in [3.8, 4) is 5.75 Å². The first-order valence-electron chi connectivity index (χ1n) is 27.5. The van der Waals surface area contributed by atoms with Crippen LogP contribution in [0.3, 0.4) is 0 Å². The maximum Gasteiger partial charge on any atom is 0.320 e. The highest BCUT2D eigenvalue weighted by Crippen LogP contribution is 2.30. The van der Waals surface area contributed by atoms with E-state index in [4.69, 9.17) is 25.2 Å². The fourth-order valence-corrected chi connectivity index (χ4v) is 10.5. The number of likely N-dealkylation sites (N-methyl/N-ethyl adjacent to an activating group) is 2. The van der Waals surface area contributed by atoms with Gasteiger partial charge in [0.05, 0.1) is 49.3 Å². The minimum Gasteiger partial charge on any atom is -0.508 e. The summed E-state index contributed by atoms with van der Waals surface area (Å²) in [6.45, 7) is 15.8. The van der Waals surface area contributed by atoms with Gasteiger partial charge in [-0.1, -0.05) is 73.4 Å². The number of nitrogens with one attached hydrogen (secondary N) is 3. The molecule has 10 unspecified atom stereocenters. The molecule has 2 heterocycles. The third kappa shape index (κ3) is 19.9. The van der Waals surface area contributed by atoms with Gasteiger partial charge >= 0.3 is 5.97 Å². The molecule has 3 rings (SSSR count). The van der Waals surface area contributed by atoms with Crippen molar-refractivity contribution in [2.45, 2.75) is 187 Å². The van der Waals surface area contributed by atoms with Crippen LogP contribution in [0.5, 0.6) is 5.75 Å². The molecule has 0 spiro atoms. The zero-order chi connectivity index (χ0) is 55.9. The number of unbranched alkanes of at least 4 members (excludes halogenated alkanes) is 3. The molecule has 1 aromatic rings. The Morgan fingerprint density at radius 1 is 0.853 bits per heavy atom. The number of carbonyl (C=O) groups excluding carboxylic acids is 6. The molecule has 0 radical (unpaired) electrons. The fourth-order valence-electron chi connectivity index (χ4n) is 10.5. The average Bonchev–Trinajstić information content (AvgIpc) is 3.87. The van der Waals surface area contributed by atoms with Gasteiger partial charge in [0.1, 0.15) is 23.9 Å². The van der Waals surface area contributed by atoms with E-state index < -0.39 is 66.3 Å².